The summed E-state index contributed by atoms with van der Waals surface area (Å²) in [5.41, 5.74) is 0. The highest BCUT2D eigenvalue weighted by Crippen LogP contribution is 2.17. The lowest BCUT2D eigenvalue weighted by Gasteiger charge is -1.98. The Balaban J connectivity index is 2.64. The average molecular weight is 239 g/mol. The SMILES string of the molecule is CCCNC(=O)c1ccc(C=CC(=O)O)s1. The standard InChI is InChI=1S/C11H13NO3S/c1-2-7-12-11(15)9-5-3-8(16-9)4-6-10(13)14/h3-6H,2,7H2,1H3,(H,12,15)(H,13,14). The third-order valence-electron chi connectivity index (χ3n) is 1.78. The molecular formula is C11H13NO3S. The van der Waals surface area contributed by atoms with E-state index in [1.54, 1.807) is 12.1 Å². The van der Waals surface area contributed by atoms with Crippen molar-refractivity contribution in [1.82, 2.24) is 5.32 Å². The lowest BCUT2D eigenvalue weighted by atomic mass is 10.3. The van der Waals surface area contributed by atoms with Gasteiger partial charge in [0, 0.05) is 17.5 Å². The van der Waals surface area contributed by atoms with E-state index >= 15 is 0 Å². The summed E-state index contributed by atoms with van der Waals surface area (Å²) in [6.45, 7) is 2.63. The second-order valence-electron chi connectivity index (χ2n) is 3.13. The van der Waals surface area contributed by atoms with Gasteiger partial charge in [0.2, 0.25) is 0 Å². The lowest BCUT2D eigenvalue weighted by molar-refractivity contribution is -0.131. The molecule has 4 nitrogen and oxygen atoms in total. The Morgan fingerprint density at radius 3 is 2.88 bits per heavy atom. The highest BCUT2D eigenvalue weighted by atomic mass is 32.1. The molecular weight excluding hydrogens is 226 g/mol. The summed E-state index contributed by atoms with van der Waals surface area (Å²) in [6, 6.07) is 3.42. The van der Waals surface area contributed by atoms with Gasteiger partial charge < -0.3 is 10.4 Å². The first kappa shape index (κ1) is 12.4. The summed E-state index contributed by atoms with van der Waals surface area (Å²) >= 11 is 1.27. The first-order chi connectivity index (χ1) is 7.63. The van der Waals surface area contributed by atoms with Crippen molar-refractivity contribution in [3.05, 3.63) is 28.0 Å². The van der Waals surface area contributed by atoms with Gasteiger partial charge in [0.25, 0.3) is 5.91 Å². The summed E-state index contributed by atoms with van der Waals surface area (Å²) < 4.78 is 0. The topological polar surface area (TPSA) is 66.4 Å². The molecule has 0 aliphatic heterocycles. The van der Waals surface area contributed by atoms with E-state index in [2.05, 4.69) is 5.32 Å². The quantitative estimate of drug-likeness (QED) is 0.772. The van der Waals surface area contributed by atoms with Gasteiger partial charge in [-0.1, -0.05) is 6.92 Å². The van der Waals surface area contributed by atoms with Gasteiger partial charge in [0.05, 0.1) is 4.88 Å². The van der Waals surface area contributed by atoms with Crippen LogP contribution in [-0.4, -0.2) is 23.5 Å². The van der Waals surface area contributed by atoms with Crippen LogP contribution in [-0.2, 0) is 4.79 Å². The molecule has 0 bridgehead atoms. The van der Waals surface area contributed by atoms with Crippen LogP contribution in [0.2, 0.25) is 0 Å². The summed E-state index contributed by atoms with van der Waals surface area (Å²) in [6.07, 6.45) is 3.42. The Bertz CT molecular complexity index is 409. The van der Waals surface area contributed by atoms with Crippen molar-refractivity contribution in [1.29, 1.82) is 0 Å². The number of thiophene rings is 1. The molecule has 1 amide bonds. The Morgan fingerprint density at radius 2 is 2.25 bits per heavy atom. The largest absolute Gasteiger partial charge is 0.478 e. The first-order valence-electron chi connectivity index (χ1n) is 4.92. The monoisotopic (exact) mass is 239 g/mol. The summed E-state index contributed by atoms with van der Waals surface area (Å²) in [4.78, 5) is 23.2. The molecule has 16 heavy (non-hydrogen) atoms. The first-order valence-corrected chi connectivity index (χ1v) is 5.74. The maximum atomic E-state index is 11.5. The Morgan fingerprint density at radius 1 is 1.50 bits per heavy atom. The van der Waals surface area contributed by atoms with Crippen molar-refractivity contribution in [2.24, 2.45) is 0 Å². The van der Waals surface area contributed by atoms with Gasteiger partial charge in [0.15, 0.2) is 0 Å². The van der Waals surface area contributed by atoms with Crippen LogP contribution in [0.4, 0.5) is 0 Å². The van der Waals surface area contributed by atoms with Crippen molar-refractivity contribution >= 4 is 29.3 Å². The van der Waals surface area contributed by atoms with E-state index in [0.717, 1.165) is 17.4 Å². The Hall–Kier alpha value is -1.62. The van der Waals surface area contributed by atoms with E-state index in [9.17, 15) is 9.59 Å². The van der Waals surface area contributed by atoms with Crippen molar-refractivity contribution in [2.45, 2.75) is 13.3 Å². The number of aliphatic carboxylic acids is 1. The Kier molecular flexibility index (Phi) is 4.72. The molecule has 1 aromatic rings. The maximum Gasteiger partial charge on any atom is 0.328 e. The number of nitrogens with one attached hydrogen (secondary N) is 1. The van der Waals surface area contributed by atoms with Gasteiger partial charge in [0.1, 0.15) is 0 Å². The fraction of sp³-hybridized carbons (Fsp3) is 0.273. The number of rotatable bonds is 5. The number of carboxylic acid groups (broad SMARTS) is 1. The molecule has 0 saturated heterocycles. The fourth-order valence-corrected chi connectivity index (χ4v) is 1.87. The zero-order chi connectivity index (χ0) is 12.0. The molecule has 0 spiro atoms. The van der Waals surface area contributed by atoms with E-state index in [1.165, 1.54) is 17.4 Å². The van der Waals surface area contributed by atoms with Crippen molar-refractivity contribution < 1.29 is 14.7 Å². The summed E-state index contributed by atoms with van der Waals surface area (Å²) in [7, 11) is 0. The second-order valence-corrected chi connectivity index (χ2v) is 4.24. The van der Waals surface area contributed by atoms with Crippen LogP contribution in [0.3, 0.4) is 0 Å². The molecule has 1 rings (SSSR count). The molecule has 1 aromatic heterocycles. The zero-order valence-electron chi connectivity index (χ0n) is 8.90. The number of carbonyl (C=O) groups excluding carboxylic acids is 1. The van der Waals surface area contributed by atoms with Gasteiger partial charge in [-0.05, 0) is 24.6 Å². The van der Waals surface area contributed by atoms with Crippen molar-refractivity contribution in [3.63, 3.8) is 0 Å². The number of hydrogen-bond acceptors (Lipinski definition) is 3. The zero-order valence-corrected chi connectivity index (χ0v) is 9.71. The van der Waals surface area contributed by atoms with Gasteiger partial charge >= 0.3 is 5.97 Å². The molecule has 2 N–H and O–H groups in total. The van der Waals surface area contributed by atoms with Gasteiger partial charge in [-0.25, -0.2) is 4.79 Å². The van der Waals surface area contributed by atoms with Crippen LogP contribution in [0.1, 0.15) is 27.9 Å². The molecule has 0 fully saturated rings. The molecule has 0 aliphatic carbocycles. The maximum absolute atomic E-state index is 11.5. The minimum absolute atomic E-state index is 0.109. The molecule has 0 radical (unpaired) electrons. The van der Waals surface area contributed by atoms with Crippen LogP contribution >= 0.6 is 11.3 Å². The highest BCUT2D eigenvalue weighted by Gasteiger charge is 2.06. The normalized spacial score (nSPS) is 10.6. The van der Waals surface area contributed by atoms with Crippen LogP contribution in [0.5, 0.6) is 0 Å². The van der Waals surface area contributed by atoms with Gasteiger partial charge in [-0.15, -0.1) is 11.3 Å². The Labute approximate surface area is 97.6 Å². The molecule has 86 valence electrons. The van der Waals surface area contributed by atoms with Crippen LogP contribution < -0.4 is 5.32 Å². The molecule has 0 aliphatic rings. The minimum Gasteiger partial charge on any atom is -0.478 e. The predicted molar refractivity (Wildman–Crippen MR) is 63.6 cm³/mol. The molecule has 5 heteroatoms. The van der Waals surface area contributed by atoms with Crippen molar-refractivity contribution in [3.8, 4) is 0 Å². The van der Waals surface area contributed by atoms with E-state index < -0.39 is 5.97 Å². The van der Waals surface area contributed by atoms with E-state index in [4.69, 9.17) is 5.11 Å². The van der Waals surface area contributed by atoms with E-state index in [1.807, 2.05) is 6.92 Å². The summed E-state index contributed by atoms with van der Waals surface area (Å²) in [5.74, 6) is -1.10. The third-order valence-corrected chi connectivity index (χ3v) is 2.83. The molecule has 0 unspecified atom stereocenters. The highest BCUT2D eigenvalue weighted by molar-refractivity contribution is 7.14. The fourth-order valence-electron chi connectivity index (χ4n) is 1.04. The van der Waals surface area contributed by atoms with E-state index in [0.29, 0.717) is 11.4 Å². The van der Waals surface area contributed by atoms with Gasteiger partial charge in [-0.3, -0.25) is 4.79 Å². The number of carboxylic acids is 1. The molecule has 1 heterocycles. The van der Waals surface area contributed by atoms with Gasteiger partial charge in [-0.2, -0.15) is 0 Å². The predicted octanol–water partition coefficient (Wildman–Crippen LogP) is 1.99. The third kappa shape index (κ3) is 3.86. The van der Waals surface area contributed by atoms with E-state index in [-0.39, 0.29) is 5.91 Å². The molecule has 0 aromatic carbocycles. The minimum atomic E-state index is -0.995. The number of carbonyl (C=O) groups is 2. The second kappa shape index (κ2) is 6.07. The number of hydrogen-bond donors (Lipinski definition) is 2. The van der Waals surface area contributed by atoms with Crippen LogP contribution in [0, 0.1) is 0 Å². The lowest BCUT2D eigenvalue weighted by Crippen LogP contribution is -2.22. The number of amides is 1. The average Bonchev–Trinajstić information content (AvgIpc) is 2.71. The summed E-state index contributed by atoms with van der Waals surface area (Å²) in [5, 5.41) is 11.2. The van der Waals surface area contributed by atoms with Crippen molar-refractivity contribution in [2.75, 3.05) is 6.54 Å². The van der Waals surface area contributed by atoms with Crippen LogP contribution in [0.15, 0.2) is 18.2 Å². The molecule has 0 atom stereocenters. The van der Waals surface area contributed by atoms with Crippen LogP contribution in [0.25, 0.3) is 6.08 Å². The smallest absolute Gasteiger partial charge is 0.328 e. The molecule has 0 saturated carbocycles.